The molecule has 0 saturated heterocycles. The van der Waals surface area contributed by atoms with E-state index in [1.165, 1.54) is 6.07 Å². The van der Waals surface area contributed by atoms with E-state index in [9.17, 15) is 8.78 Å². The largest absolute Gasteiger partial charge is 0.469 e. The Kier molecular flexibility index (Phi) is 4.17. The molecule has 1 aromatic carbocycles. The molecule has 2 aromatic rings. The van der Waals surface area contributed by atoms with Gasteiger partial charge < -0.3 is 4.42 Å². The summed E-state index contributed by atoms with van der Waals surface area (Å²) in [5.41, 5.74) is 1.81. The second kappa shape index (κ2) is 5.65. The standard InChI is InChI=1S/C14H13BrF2O/c1-2-14-10(5-6-18-14)11(15)7-9-3-4-12(16)13(17)8-9/h3-6,8,11H,2,7H2,1H3. The molecular formula is C14H13BrF2O. The Balaban J connectivity index is 2.16. The van der Waals surface area contributed by atoms with Crippen molar-refractivity contribution in [2.45, 2.75) is 24.6 Å². The van der Waals surface area contributed by atoms with Crippen molar-refractivity contribution in [3.63, 3.8) is 0 Å². The van der Waals surface area contributed by atoms with Crippen LogP contribution in [0.25, 0.3) is 0 Å². The minimum atomic E-state index is -0.817. The second-order valence-corrected chi connectivity index (χ2v) is 5.18. The number of furan rings is 1. The molecule has 1 aromatic heterocycles. The van der Waals surface area contributed by atoms with Crippen LogP contribution in [0.1, 0.15) is 28.6 Å². The predicted octanol–water partition coefficient (Wildman–Crippen LogP) is 4.80. The topological polar surface area (TPSA) is 13.1 Å². The summed E-state index contributed by atoms with van der Waals surface area (Å²) in [6.45, 7) is 2.01. The van der Waals surface area contributed by atoms with Gasteiger partial charge in [0.2, 0.25) is 0 Å². The van der Waals surface area contributed by atoms with Crippen LogP contribution in [0, 0.1) is 11.6 Å². The van der Waals surface area contributed by atoms with Gasteiger partial charge >= 0.3 is 0 Å². The van der Waals surface area contributed by atoms with Crippen molar-refractivity contribution >= 4 is 15.9 Å². The van der Waals surface area contributed by atoms with Gasteiger partial charge in [-0.2, -0.15) is 0 Å². The SMILES string of the molecule is CCc1occc1C(Br)Cc1ccc(F)c(F)c1. The van der Waals surface area contributed by atoms with Crippen LogP contribution in [0.2, 0.25) is 0 Å². The molecule has 1 heterocycles. The molecule has 0 fully saturated rings. The number of halogens is 3. The summed E-state index contributed by atoms with van der Waals surface area (Å²) in [4.78, 5) is 0.0380. The van der Waals surface area contributed by atoms with Crippen molar-refractivity contribution in [1.29, 1.82) is 0 Å². The Bertz CT molecular complexity index is 536. The molecule has 96 valence electrons. The van der Waals surface area contributed by atoms with Crippen molar-refractivity contribution in [3.05, 3.63) is 59.1 Å². The first-order chi connectivity index (χ1) is 8.61. The first-order valence-corrected chi connectivity index (χ1v) is 6.67. The van der Waals surface area contributed by atoms with Crippen LogP contribution in [0.3, 0.4) is 0 Å². The highest BCUT2D eigenvalue weighted by molar-refractivity contribution is 9.09. The number of benzene rings is 1. The Morgan fingerprint density at radius 3 is 2.67 bits per heavy atom. The summed E-state index contributed by atoms with van der Waals surface area (Å²) in [7, 11) is 0. The van der Waals surface area contributed by atoms with Gasteiger partial charge in [-0.3, -0.25) is 0 Å². The summed E-state index contributed by atoms with van der Waals surface area (Å²) >= 11 is 3.56. The number of hydrogen-bond acceptors (Lipinski definition) is 1. The summed E-state index contributed by atoms with van der Waals surface area (Å²) < 4.78 is 31.3. The number of hydrogen-bond donors (Lipinski definition) is 0. The lowest BCUT2D eigenvalue weighted by atomic mass is 10.0. The van der Waals surface area contributed by atoms with Crippen molar-refractivity contribution in [1.82, 2.24) is 0 Å². The zero-order chi connectivity index (χ0) is 13.1. The average molecular weight is 315 g/mol. The third-order valence-corrected chi connectivity index (χ3v) is 3.65. The van der Waals surface area contributed by atoms with E-state index in [0.717, 1.165) is 29.4 Å². The summed E-state index contributed by atoms with van der Waals surface area (Å²) in [6, 6.07) is 5.88. The van der Waals surface area contributed by atoms with Gasteiger partial charge in [-0.1, -0.05) is 28.9 Å². The normalized spacial score (nSPS) is 12.7. The lowest BCUT2D eigenvalue weighted by Gasteiger charge is -2.10. The average Bonchev–Trinajstić information content (AvgIpc) is 2.82. The molecule has 18 heavy (non-hydrogen) atoms. The molecule has 0 amide bonds. The summed E-state index contributed by atoms with van der Waals surface area (Å²) in [5.74, 6) is -0.711. The lowest BCUT2D eigenvalue weighted by molar-refractivity contribution is 0.506. The van der Waals surface area contributed by atoms with Crippen molar-refractivity contribution in [2.75, 3.05) is 0 Å². The summed E-state index contributed by atoms with van der Waals surface area (Å²) in [5, 5.41) is 0. The molecule has 0 N–H and O–H groups in total. The van der Waals surface area contributed by atoms with Crippen LogP contribution in [0.5, 0.6) is 0 Å². The van der Waals surface area contributed by atoms with E-state index in [2.05, 4.69) is 15.9 Å². The maximum Gasteiger partial charge on any atom is 0.159 e. The maximum absolute atomic E-state index is 13.1. The zero-order valence-electron chi connectivity index (χ0n) is 9.92. The molecule has 2 rings (SSSR count). The van der Waals surface area contributed by atoms with E-state index in [4.69, 9.17) is 4.42 Å². The van der Waals surface area contributed by atoms with Crippen molar-refractivity contribution in [2.24, 2.45) is 0 Å². The van der Waals surface area contributed by atoms with Crippen LogP contribution >= 0.6 is 15.9 Å². The van der Waals surface area contributed by atoms with Crippen LogP contribution in [-0.4, -0.2) is 0 Å². The predicted molar refractivity (Wildman–Crippen MR) is 69.8 cm³/mol. The van der Waals surface area contributed by atoms with Crippen LogP contribution < -0.4 is 0 Å². The third-order valence-electron chi connectivity index (χ3n) is 2.84. The fourth-order valence-corrected chi connectivity index (χ4v) is 2.68. The lowest BCUT2D eigenvalue weighted by Crippen LogP contribution is -1.98. The van der Waals surface area contributed by atoms with Crippen LogP contribution in [0.4, 0.5) is 8.78 Å². The Morgan fingerprint density at radius 2 is 2.00 bits per heavy atom. The van der Waals surface area contributed by atoms with Gasteiger partial charge in [0.05, 0.1) is 6.26 Å². The van der Waals surface area contributed by atoms with Crippen molar-refractivity contribution in [3.8, 4) is 0 Å². The second-order valence-electron chi connectivity index (χ2n) is 4.07. The van der Waals surface area contributed by atoms with Gasteiger partial charge in [0.15, 0.2) is 11.6 Å². The fraction of sp³-hybridized carbons (Fsp3) is 0.286. The molecule has 0 aliphatic heterocycles. The maximum atomic E-state index is 13.1. The van der Waals surface area contributed by atoms with Gasteiger partial charge in [0.25, 0.3) is 0 Å². The highest BCUT2D eigenvalue weighted by Crippen LogP contribution is 2.31. The minimum absolute atomic E-state index is 0.0380. The van der Waals surface area contributed by atoms with Crippen LogP contribution in [-0.2, 0) is 12.8 Å². The number of rotatable bonds is 4. The monoisotopic (exact) mass is 314 g/mol. The van der Waals surface area contributed by atoms with Gasteiger partial charge in [-0.15, -0.1) is 0 Å². The first kappa shape index (κ1) is 13.3. The van der Waals surface area contributed by atoms with E-state index in [1.54, 1.807) is 12.3 Å². The molecule has 0 saturated carbocycles. The summed E-state index contributed by atoms with van der Waals surface area (Å²) in [6.07, 6.45) is 3.04. The van der Waals surface area contributed by atoms with E-state index in [-0.39, 0.29) is 4.83 Å². The van der Waals surface area contributed by atoms with Gasteiger partial charge in [0, 0.05) is 16.8 Å². The zero-order valence-corrected chi connectivity index (χ0v) is 11.5. The van der Waals surface area contributed by atoms with Crippen molar-refractivity contribution < 1.29 is 13.2 Å². The quantitative estimate of drug-likeness (QED) is 0.739. The van der Waals surface area contributed by atoms with Gasteiger partial charge in [-0.25, -0.2) is 8.78 Å². The Labute approximate surface area is 113 Å². The Morgan fingerprint density at radius 1 is 1.22 bits per heavy atom. The molecule has 0 bridgehead atoms. The third kappa shape index (κ3) is 2.80. The Hall–Kier alpha value is -1.16. The molecular weight excluding hydrogens is 302 g/mol. The molecule has 4 heteroatoms. The van der Waals surface area contributed by atoms with E-state index in [0.29, 0.717) is 6.42 Å². The van der Waals surface area contributed by atoms with Gasteiger partial charge in [0.1, 0.15) is 5.76 Å². The smallest absolute Gasteiger partial charge is 0.159 e. The molecule has 0 radical (unpaired) electrons. The molecule has 0 spiro atoms. The van der Waals surface area contributed by atoms with Gasteiger partial charge in [-0.05, 0) is 30.2 Å². The fourth-order valence-electron chi connectivity index (χ4n) is 1.90. The molecule has 1 atom stereocenters. The highest BCUT2D eigenvalue weighted by Gasteiger charge is 2.15. The number of aryl methyl sites for hydroxylation is 1. The molecule has 0 aliphatic carbocycles. The first-order valence-electron chi connectivity index (χ1n) is 5.76. The van der Waals surface area contributed by atoms with E-state index < -0.39 is 11.6 Å². The molecule has 0 aliphatic rings. The number of alkyl halides is 1. The highest BCUT2D eigenvalue weighted by atomic mass is 79.9. The van der Waals surface area contributed by atoms with Crippen LogP contribution in [0.15, 0.2) is 34.9 Å². The van der Waals surface area contributed by atoms with E-state index >= 15 is 0 Å². The van der Waals surface area contributed by atoms with E-state index in [1.807, 2.05) is 13.0 Å². The molecule has 1 unspecified atom stereocenters. The minimum Gasteiger partial charge on any atom is -0.469 e. The molecule has 1 nitrogen and oxygen atoms in total.